The van der Waals surface area contributed by atoms with Crippen LogP contribution >= 0.6 is 11.6 Å². The van der Waals surface area contributed by atoms with Gasteiger partial charge >= 0.3 is 0 Å². The SMILES string of the molecule is COc1cc(Cl)c(C)c(CC2(N)CC2)c1OC. The Morgan fingerprint density at radius 3 is 2.47 bits per heavy atom. The van der Waals surface area contributed by atoms with Gasteiger partial charge < -0.3 is 15.2 Å². The molecule has 17 heavy (non-hydrogen) atoms. The van der Waals surface area contributed by atoms with Crippen molar-refractivity contribution in [2.24, 2.45) is 5.73 Å². The lowest BCUT2D eigenvalue weighted by atomic mass is 9.98. The van der Waals surface area contributed by atoms with Gasteiger partial charge in [-0.3, -0.25) is 0 Å². The summed E-state index contributed by atoms with van der Waals surface area (Å²) in [6.45, 7) is 1.99. The van der Waals surface area contributed by atoms with E-state index in [9.17, 15) is 0 Å². The third-order valence-electron chi connectivity index (χ3n) is 3.41. The Kier molecular flexibility index (Phi) is 3.23. The number of methoxy groups -OCH3 is 2. The molecule has 0 heterocycles. The van der Waals surface area contributed by atoms with Crippen molar-refractivity contribution in [3.8, 4) is 11.5 Å². The second-order valence-electron chi connectivity index (χ2n) is 4.74. The molecule has 0 spiro atoms. The van der Waals surface area contributed by atoms with Crippen LogP contribution < -0.4 is 15.2 Å². The van der Waals surface area contributed by atoms with Gasteiger partial charge in [-0.1, -0.05) is 11.6 Å². The molecule has 0 saturated heterocycles. The third kappa shape index (κ3) is 2.35. The van der Waals surface area contributed by atoms with Crippen LogP contribution in [0.4, 0.5) is 0 Å². The molecule has 0 unspecified atom stereocenters. The molecule has 0 bridgehead atoms. The molecule has 94 valence electrons. The standard InChI is InChI=1S/C13H18ClNO2/c1-8-9(7-13(15)4-5-13)12(17-3)11(16-2)6-10(8)14/h6H,4-5,7,15H2,1-3H3. The van der Waals surface area contributed by atoms with Crippen LogP contribution in [0.25, 0.3) is 0 Å². The van der Waals surface area contributed by atoms with E-state index in [4.69, 9.17) is 26.8 Å². The molecule has 3 nitrogen and oxygen atoms in total. The lowest BCUT2D eigenvalue weighted by molar-refractivity contribution is 0.350. The summed E-state index contributed by atoms with van der Waals surface area (Å²) >= 11 is 6.20. The van der Waals surface area contributed by atoms with Gasteiger partial charge in [0.25, 0.3) is 0 Å². The second kappa shape index (κ2) is 4.39. The number of nitrogens with two attached hydrogens (primary N) is 1. The van der Waals surface area contributed by atoms with Crippen LogP contribution in [0, 0.1) is 6.92 Å². The number of benzene rings is 1. The van der Waals surface area contributed by atoms with E-state index in [0.29, 0.717) is 10.8 Å². The maximum Gasteiger partial charge on any atom is 0.164 e. The summed E-state index contributed by atoms with van der Waals surface area (Å²) in [4.78, 5) is 0. The fourth-order valence-corrected chi connectivity index (χ4v) is 2.24. The Balaban J connectivity index is 2.48. The number of ether oxygens (including phenoxy) is 2. The van der Waals surface area contributed by atoms with E-state index < -0.39 is 0 Å². The first-order valence-corrected chi connectivity index (χ1v) is 6.07. The van der Waals surface area contributed by atoms with E-state index in [2.05, 4.69) is 0 Å². The number of hydrogen-bond acceptors (Lipinski definition) is 3. The van der Waals surface area contributed by atoms with Gasteiger partial charge in [-0.15, -0.1) is 0 Å². The predicted molar refractivity (Wildman–Crippen MR) is 69.1 cm³/mol. The zero-order valence-corrected chi connectivity index (χ0v) is 11.2. The Labute approximate surface area is 107 Å². The molecule has 0 amide bonds. The van der Waals surface area contributed by atoms with E-state index in [-0.39, 0.29) is 5.54 Å². The summed E-state index contributed by atoms with van der Waals surface area (Å²) in [5.41, 5.74) is 8.19. The topological polar surface area (TPSA) is 44.5 Å². The summed E-state index contributed by atoms with van der Waals surface area (Å²) in [5, 5.41) is 0.696. The zero-order chi connectivity index (χ0) is 12.6. The smallest absolute Gasteiger partial charge is 0.164 e. The highest BCUT2D eigenvalue weighted by Gasteiger charge is 2.39. The van der Waals surface area contributed by atoms with E-state index in [0.717, 1.165) is 36.1 Å². The summed E-state index contributed by atoms with van der Waals surface area (Å²) in [6, 6.07) is 1.79. The van der Waals surface area contributed by atoms with Gasteiger partial charge in [0.15, 0.2) is 11.5 Å². The molecular formula is C13H18ClNO2. The van der Waals surface area contributed by atoms with Gasteiger partial charge in [-0.25, -0.2) is 0 Å². The number of rotatable bonds is 4. The van der Waals surface area contributed by atoms with E-state index in [1.165, 1.54) is 0 Å². The zero-order valence-electron chi connectivity index (χ0n) is 10.5. The van der Waals surface area contributed by atoms with Crippen molar-refractivity contribution in [2.45, 2.75) is 31.7 Å². The quantitative estimate of drug-likeness (QED) is 0.900. The number of hydrogen-bond donors (Lipinski definition) is 1. The minimum atomic E-state index is -0.0757. The van der Waals surface area contributed by atoms with Gasteiger partial charge in [0.1, 0.15) is 0 Å². The van der Waals surface area contributed by atoms with Gasteiger partial charge in [0.05, 0.1) is 14.2 Å². The molecule has 2 N–H and O–H groups in total. The first-order chi connectivity index (χ1) is 8.00. The summed E-state index contributed by atoms with van der Waals surface area (Å²) < 4.78 is 10.7. The van der Waals surface area contributed by atoms with Crippen molar-refractivity contribution >= 4 is 11.6 Å². The van der Waals surface area contributed by atoms with Crippen molar-refractivity contribution in [3.63, 3.8) is 0 Å². The largest absolute Gasteiger partial charge is 0.493 e. The van der Waals surface area contributed by atoms with Crippen LogP contribution in [-0.2, 0) is 6.42 Å². The third-order valence-corrected chi connectivity index (χ3v) is 3.80. The average Bonchev–Trinajstić information content (AvgIpc) is 3.02. The maximum atomic E-state index is 6.20. The maximum absolute atomic E-state index is 6.20. The van der Waals surface area contributed by atoms with Crippen LogP contribution in [0.1, 0.15) is 24.0 Å². The Bertz CT molecular complexity index is 442. The Morgan fingerprint density at radius 1 is 1.35 bits per heavy atom. The normalized spacial score (nSPS) is 16.8. The lowest BCUT2D eigenvalue weighted by Crippen LogP contribution is -2.25. The molecule has 1 saturated carbocycles. The molecule has 1 aliphatic rings. The van der Waals surface area contributed by atoms with Crippen molar-refractivity contribution in [1.29, 1.82) is 0 Å². The molecular weight excluding hydrogens is 238 g/mol. The van der Waals surface area contributed by atoms with Crippen LogP contribution in [0.15, 0.2) is 6.07 Å². The number of halogens is 1. The molecule has 2 rings (SSSR count). The van der Waals surface area contributed by atoms with Crippen LogP contribution in [-0.4, -0.2) is 19.8 Å². The van der Waals surface area contributed by atoms with Gasteiger partial charge in [-0.05, 0) is 31.7 Å². The van der Waals surface area contributed by atoms with Crippen molar-refractivity contribution < 1.29 is 9.47 Å². The van der Waals surface area contributed by atoms with E-state index >= 15 is 0 Å². The monoisotopic (exact) mass is 255 g/mol. The van der Waals surface area contributed by atoms with Crippen LogP contribution in [0.5, 0.6) is 11.5 Å². The molecule has 0 aliphatic heterocycles. The minimum Gasteiger partial charge on any atom is -0.493 e. The summed E-state index contributed by atoms with van der Waals surface area (Å²) in [6.07, 6.45) is 2.91. The highest BCUT2D eigenvalue weighted by Crippen LogP contribution is 2.43. The molecule has 0 radical (unpaired) electrons. The fraction of sp³-hybridized carbons (Fsp3) is 0.538. The first kappa shape index (κ1) is 12.5. The molecule has 0 atom stereocenters. The van der Waals surface area contributed by atoms with Crippen LogP contribution in [0.2, 0.25) is 5.02 Å². The Hall–Kier alpha value is -0.930. The molecule has 1 aromatic carbocycles. The molecule has 1 aromatic rings. The lowest BCUT2D eigenvalue weighted by Gasteiger charge is -2.19. The molecule has 0 aromatic heterocycles. The van der Waals surface area contributed by atoms with E-state index in [1.54, 1.807) is 20.3 Å². The molecule has 1 aliphatic carbocycles. The van der Waals surface area contributed by atoms with Crippen molar-refractivity contribution in [1.82, 2.24) is 0 Å². The van der Waals surface area contributed by atoms with Crippen LogP contribution in [0.3, 0.4) is 0 Å². The van der Waals surface area contributed by atoms with Gasteiger partial charge in [0, 0.05) is 22.2 Å². The fourth-order valence-electron chi connectivity index (χ4n) is 2.03. The predicted octanol–water partition coefficient (Wildman–Crippen LogP) is 2.70. The summed E-state index contributed by atoms with van der Waals surface area (Å²) in [7, 11) is 3.26. The highest BCUT2D eigenvalue weighted by atomic mass is 35.5. The molecule has 4 heteroatoms. The average molecular weight is 256 g/mol. The van der Waals surface area contributed by atoms with Crippen molar-refractivity contribution in [3.05, 3.63) is 22.2 Å². The second-order valence-corrected chi connectivity index (χ2v) is 5.14. The van der Waals surface area contributed by atoms with E-state index in [1.807, 2.05) is 6.92 Å². The van der Waals surface area contributed by atoms with Crippen molar-refractivity contribution in [2.75, 3.05) is 14.2 Å². The molecule has 1 fully saturated rings. The first-order valence-electron chi connectivity index (χ1n) is 5.69. The van der Waals surface area contributed by atoms with Gasteiger partial charge in [-0.2, -0.15) is 0 Å². The Morgan fingerprint density at radius 2 is 2.00 bits per heavy atom. The minimum absolute atomic E-state index is 0.0757. The highest BCUT2D eigenvalue weighted by molar-refractivity contribution is 6.31. The summed E-state index contributed by atoms with van der Waals surface area (Å²) in [5.74, 6) is 1.42. The van der Waals surface area contributed by atoms with Gasteiger partial charge in [0.2, 0.25) is 0 Å².